The van der Waals surface area contributed by atoms with Crippen LogP contribution in [0.5, 0.6) is 0 Å². The molecule has 0 unspecified atom stereocenters. The summed E-state index contributed by atoms with van der Waals surface area (Å²) in [6.45, 7) is 6.89. The van der Waals surface area contributed by atoms with Crippen LogP contribution in [0.1, 0.15) is 45.1 Å². The minimum Gasteiger partial charge on any atom is -0.390 e. The van der Waals surface area contributed by atoms with E-state index in [2.05, 4.69) is 41.5 Å². The van der Waals surface area contributed by atoms with Crippen molar-refractivity contribution in [1.29, 1.82) is 0 Å². The number of nitrogens with zero attached hydrogens (tertiary/aromatic N) is 3. The van der Waals surface area contributed by atoms with Crippen LogP contribution in [0, 0.1) is 18.8 Å². The summed E-state index contributed by atoms with van der Waals surface area (Å²) in [4.78, 5) is 4.50. The molecule has 3 aromatic rings. The molecule has 0 atom stereocenters. The van der Waals surface area contributed by atoms with Gasteiger partial charge in [0.15, 0.2) is 5.65 Å². The van der Waals surface area contributed by atoms with Crippen LogP contribution in [0.15, 0.2) is 42.6 Å². The van der Waals surface area contributed by atoms with E-state index in [0.29, 0.717) is 11.8 Å². The van der Waals surface area contributed by atoms with Crippen molar-refractivity contribution in [1.82, 2.24) is 14.6 Å². The van der Waals surface area contributed by atoms with E-state index < -0.39 is 5.60 Å². The molecular formula is C23H30N4O. The average Bonchev–Trinajstić information content (AvgIpc) is 3.09. The third-order valence-corrected chi connectivity index (χ3v) is 6.09. The number of imidazole rings is 1. The summed E-state index contributed by atoms with van der Waals surface area (Å²) in [5, 5.41) is 18.5. The minimum atomic E-state index is -0.557. The van der Waals surface area contributed by atoms with E-state index in [0.717, 1.165) is 55.0 Å². The van der Waals surface area contributed by atoms with Gasteiger partial charge in [0, 0.05) is 12.1 Å². The molecule has 28 heavy (non-hydrogen) atoms. The molecule has 1 fully saturated rings. The highest BCUT2D eigenvalue weighted by molar-refractivity contribution is 5.64. The predicted molar refractivity (Wildman–Crippen MR) is 113 cm³/mol. The van der Waals surface area contributed by atoms with E-state index in [-0.39, 0.29) is 0 Å². The smallest absolute Gasteiger partial charge is 0.154 e. The summed E-state index contributed by atoms with van der Waals surface area (Å²) in [6, 6.07) is 12.4. The van der Waals surface area contributed by atoms with Crippen LogP contribution in [0.25, 0.3) is 16.9 Å². The number of aryl methyl sites for hydroxylation is 1. The van der Waals surface area contributed by atoms with E-state index in [1.54, 1.807) is 0 Å². The van der Waals surface area contributed by atoms with E-state index in [4.69, 9.17) is 5.10 Å². The number of aliphatic hydroxyl groups is 1. The Morgan fingerprint density at radius 2 is 1.93 bits per heavy atom. The number of fused-ring (bicyclic) bond motifs is 1. The number of aromatic nitrogens is 3. The molecule has 0 aliphatic heterocycles. The normalized spacial score (nSPS) is 20.4. The molecule has 0 radical (unpaired) electrons. The number of benzene rings is 1. The standard InChI is InChI=1S/C23H30N4O/c1-16-5-4-6-18(13-16)20-15-25-22-12-11-21(26-27(20)22)24-14-17-7-9-19(10-8-17)23(2,3)28/h4-6,11-13,15,17,19,28H,7-10,14H2,1-3H3,(H,24,26)/t17-,19-. The number of hydrogen-bond donors (Lipinski definition) is 2. The Hall–Kier alpha value is -2.40. The molecule has 1 aliphatic rings. The van der Waals surface area contributed by atoms with Gasteiger partial charge in [-0.3, -0.25) is 0 Å². The molecule has 0 bridgehead atoms. The molecule has 1 saturated carbocycles. The van der Waals surface area contributed by atoms with Crippen LogP contribution in [0.4, 0.5) is 5.82 Å². The SMILES string of the molecule is Cc1cccc(-c2cnc3ccc(NC[C@H]4CC[C@H](C(C)(C)O)CC4)nn23)c1. The van der Waals surface area contributed by atoms with Gasteiger partial charge in [-0.25, -0.2) is 9.50 Å². The summed E-state index contributed by atoms with van der Waals surface area (Å²) in [5.41, 5.74) is 3.66. The summed E-state index contributed by atoms with van der Waals surface area (Å²) in [7, 11) is 0. The third kappa shape index (κ3) is 4.04. The lowest BCUT2D eigenvalue weighted by atomic mass is 9.75. The molecule has 148 valence electrons. The van der Waals surface area contributed by atoms with E-state index in [1.807, 2.05) is 36.7 Å². The van der Waals surface area contributed by atoms with Crippen molar-refractivity contribution in [3.05, 3.63) is 48.2 Å². The Morgan fingerprint density at radius 1 is 1.14 bits per heavy atom. The Kier molecular flexibility index (Phi) is 5.11. The molecule has 0 spiro atoms. The van der Waals surface area contributed by atoms with Gasteiger partial charge in [0.05, 0.1) is 17.5 Å². The van der Waals surface area contributed by atoms with Crippen molar-refractivity contribution in [2.24, 2.45) is 11.8 Å². The summed E-state index contributed by atoms with van der Waals surface area (Å²) >= 11 is 0. The molecule has 4 rings (SSSR count). The second kappa shape index (κ2) is 7.55. The monoisotopic (exact) mass is 378 g/mol. The van der Waals surface area contributed by atoms with Crippen LogP contribution in [0.2, 0.25) is 0 Å². The van der Waals surface area contributed by atoms with Crippen LogP contribution in [-0.4, -0.2) is 31.9 Å². The summed E-state index contributed by atoms with van der Waals surface area (Å²) in [5.74, 6) is 1.93. The quantitative estimate of drug-likeness (QED) is 0.676. The van der Waals surface area contributed by atoms with Gasteiger partial charge in [-0.15, -0.1) is 5.10 Å². The molecule has 5 heteroatoms. The van der Waals surface area contributed by atoms with Gasteiger partial charge in [-0.05, 0) is 76.5 Å². The lowest BCUT2D eigenvalue weighted by Crippen LogP contribution is -2.35. The highest BCUT2D eigenvalue weighted by Crippen LogP contribution is 2.35. The Morgan fingerprint density at radius 3 is 2.64 bits per heavy atom. The predicted octanol–water partition coefficient (Wildman–Crippen LogP) is 4.69. The number of rotatable bonds is 5. The lowest BCUT2D eigenvalue weighted by molar-refractivity contribution is -0.00502. The maximum Gasteiger partial charge on any atom is 0.154 e. The Bertz CT molecular complexity index is 949. The molecule has 2 aromatic heterocycles. The second-order valence-electron chi connectivity index (χ2n) is 8.75. The van der Waals surface area contributed by atoms with Crippen LogP contribution in [0.3, 0.4) is 0 Å². The summed E-state index contributed by atoms with van der Waals surface area (Å²) in [6.07, 6.45) is 6.40. The minimum absolute atomic E-state index is 0.418. The molecular weight excluding hydrogens is 348 g/mol. The molecule has 1 aromatic carbocycles. The first-order chi connectivity index (χ1) is 13.4. The first-order valence-corrected chi connectivity index (χ1v) is 10.3. The fourth-order valence-electron chi connectivity index (χ4n) is 4.29. The molecule has 1 aliphatic carbocycles. The van der Waals surface area contributed by atoms with Gasteiger partial charge in [-0.2, -0.15) is 0 Å². The van der Waals surface area contributed by atoms with Gasteiger partial charge >= 0.3 is 0 Å². The Balaban J connectivity index is 1.45. The number of hydrogen-bond acceptors (Lipinski definition) is 4. The fraction of sp³-hybridized carbons (Fsp3) is 0.478. The second-order valence-corrected chi connectivity index (χ2v) is 8.75. The van der Waals surface area contributed by atoms with Crippen LogP contribution in [-0.2, 0) is 0 Å². The van der Waals surface area contributed by atoms with Crippen molar-refractivity contribution in [2.45, 2.75) is 52.1 Å². The van der Waals surface area contributed by atoms with Gasteiger partial charge in [0.2, 0.25) is 0 Å². The van der Waals surface area contributed by atoms with Crippen molar-refractivity contribution >= 4 is 11.5 Å². The molecule has 5 nitrogen and oxygen atoms in total. The maximum atomic E-state index is 10.2. The highest BCUT2D eigenvalue weighted by atomic mass is 16.3. The summed E-state index contributed by atoms with van der Waals surface area (Å²) < 4.78 is 1.92. The van der Waals surface area contributed by atoms with Crippen LogP contribution >= 0.6 is 0 Å². The van der Waals surface area contributed by atoms with Crippen molar-refractivity contribution in [3.63, 3.8) is 0 Å². The maximum absolute atomic E-state index is 10.2. The Labute approximate surface area is 166 Å². The first-order valence-electron chi connectivity index (χ1n) is 10.3. The zero-order chi connectivity index (χ0) is 19.7. The van der Waals surface area contributed by atoms with Gasteiger partial charge in [0.25, 0.3) is 0 Å². The largest absolute Gasteiger partial charge is 0.390 e. The van der Waals surface area contributed by atoms with Crippen molar-refractivity contribution in [3.8, 4) is 11.3 Å². The van der Waals surface area contributed by atoms with Gasteiger partial charge < -0.3 is 10.4 Å². The average molecular weight is 379 g/mol. The van der Waals surface area contributed by atoms with E-state index in [1.165, 1.54) is 5.56 Å². The van der Waals surface area contributed by atoms with E-state index in [9.17, 15) is 5.11 Å². The first kappa shape index (κ1) is 18.9. The zero-order valence-corrected chi connectivity index (χ0v) is 17.0. The fourth-order valence-corrected chi connectivity index (χ4v) is 4.29. The molecule has 2 heterocycles. The molecule has 0 amide bonds. The lowest BCUT2D eigenvalue weighted by Gasteiger charge is -2.35. The van der Waals surface area contributed by atoms with Crippen LogP contribution < -0.4 is 5.32 Å². The highest BCUT2D eigenvalue weighted by Gasteiger charge is 2.31. The number of anilines is 1. The molecule has 2 N–H and O–H groups in total. The van der Waals surface area contributed by atoms with Gasteiger partial charge in [0.1, 0.15) is 5.82 Å². The van der Waals surface area contributed by atoms with Gasteiger partial charge in [-0.1, -0.05) is 23.8 Å². The van der Waals surface area contributed by atoms with Crippen molar-refractivity contribution in [2.75, 3.05) is 11.9 Å². The van der Waals surface area contributed by atoms with E-state index >= 15 is 0 Å². The third-order valence-electron chi connectivity index (χ3n) is 6.09. The number of nitrogens with one attached hydrogen (secondary N) is 1. The zero-order valence-electron chi connectivity index (χ0n) is 17.0. The topological polar surface area (TPSA) is 62.5 Å². The molecule has 0 saturated heterocycles. The van der Waals surface area contributed by atoms with Crippen molar-refractivity contribution < 1.29 is 5.11 Å².